The predicted octanol–water partition coefficient (Wildman–Crippen LogP) is 5.15. The van der Waals surface area contributed by atoms with Crippen LogP contribution in [0.25, 0.3) is 0 Å². The van der Waals surface area contributed by atoms with E-state index in [2.05, 4.69) is 13.8 Å². The summed E-state index contributed by atoms with van der Waals surface area (Å²) in [6, 6.07) is 18.6. The van der Waals surface area contributed by atoms with Gasteiger partial charge >= 0.3 is 0 Å². The summed E-state index contributed by atoms with van der Waals surface area (Å²) in [6.07, 6.45) is -1.08. The molecule has 162 valence electrons. The van der Waals surface area contributed by atoms with Crippen LogP contribution in [-0.2, 0) is 22.7 Å². The summed E-state index contributed by atoms with van der Waals surface area (Å²) < 4.78 is 43.1. The second kappa shape index (κ2) is 8.74. The number of hydrogen-bond donors (Lipinski definition) is 0. The van der Waals surface area contributed by atoms with Crippen LogP contribution in [0, 0.1) is 11.8 Å². The third-order valence-electron chi connectivity index (χ3n) is 6.50. The van der Waals surface area contributed by atoms with Gasteiger partial charge in [-0.15, -0.1) is 0 Å². The van der Waals surface area contributed by atoms with E-state index < -0.39 is 30.1 Å². The highest BCUT2D eigenvalue weighted by molar-refractivity contribution is 5.17. The fourth-order valence-electron chi connectivity index (χ4n) is 5.02. The topological polar surface area (TPSA) is 21.7 Å². The molecular weight excluding hydrogens is 384 g/mol. The van der Waals surface area contributed by atoms with Gasteiger partial charge in [0.05, 0.1) is 13.2 Å². The second-order valence-corrected chi connectivity index (χ2v) is 8.97. The molecule has 2 fully saturated rings. The van der Waals surface area contributed by atoms with Gasteiger partial charge < -0.3 is 9.47 Å². The second-order valence-electron chi connectivity index (χ2n) is 8.97. The Morgan fingerprint density at radius 1 is 0.900 bits per heavy atom. The van der Waals surface area contributed by atoms with E-state index in [0.717, 1.165) is 11.1 Å². The van der Waals surface area contributed by atoms with Crippen LogP contribution >= 0.6 is 0 Å². The summed E-state index contributed by atoms with van der Waals surface area (Å²) in [5, 5.41) is 0. The number of benzene rings is 2. The van der Waals surface area contributed by atoms with Crippen LogP contribution in [0.5, 0.6) is 0 Å². The van der Waals surface area contributed by atoms with Gasteiger partial charge in [-0.1, -0.05) is 81.4 Å². The van der Waals surface area contributed by atoms with Gasteiger partial charge in [0.15, 0.2) is 0 Å². The van der Waals surface area contributed by atoms with Gasteiger partial charge in [-0.3, -0.25) is 4.90 Å². The van der Waals surface area contributed by atoms with E-state index in [0.29, 0.717) is 19.8 Å². The lowest BCUT2D eigenvalue weighted by Crippen LogP contribution is -2.46. The molecule has 0 aromatic heterocycles. The Kier molecular flexibility index (Phi) is 6.24. The van der Waals surface area contributed by atoms with Crippen molar-refractivity contribution in [2.24, 2.45) is 11.8 Å². The van der Waals surface area contributed by atoms with Crippen molar-refractivity contribution in [3.8, 4) is 0 Å². The average Bonchev–Trinajstić information content (AvgIpc) is 3.17. The Labute approximate surface area is 178 Å². The van der Waals surface area contributed by atoms with Gasteiger partial charge in [0.2, 0.25) is 0 Å². The molecular formula is C25H31F2NO2. The number of nitrogens with zero attached hydrogens (tertiary/aromatic N) is 1. The van der Waals surface area contributed by atoms with E-state index in [1.807, 2.05) is 65.6 Å². The molecule has 3 nitrogen and oxygen atoms in total. The number of halogens is 2. The molecule has 5 atom stereocenters. The Bertz CT molecular complexity index is 814. The average molecular weight is 416 g/mol. The van der Waals surface area contributed by atoms with Gasteiger partial charge in [0.1, 0.15) is 18.2 Å². The highest BCUT2D eigenvalue weighted by Crippen LogP contribution is 2.49. The Morgan fingerprint density at radius 2 is 1.40 bits per heavy atom. The fourth-order valence-corrected chi connectivity index (χ4v) is 5.02. The summed E-state index contributed by atoms with van der Waals surface area (Å²) in [6.45, 7) is 6.88. The van der Waals surface area contributed by atoms with E-state index >= 15 is 8.78 Å². The minimum absolute atomic E-state index is 0.102. The summed E-state index contributed by atoms with van der Waals surface area (Å²) in [4.78, 5) is 1.96. The normalized spacial score (nSPS) is 30.7. The molecule has 0 radical (unpaired) electrons. The van der Waals surface area contributed by atoms with Crippen LogP contribution < -0.4 is 0 Å². The molecule has 0 N–H and O–H groups in total. The number of fused-ring (bicyclic) bond motifs is 1. The minimum atomic E-state index is -2.81. The van der Waals surface area contributed by atoms with E-state index in [4.69, 9.17) is 9.47 Å². The molecule has 4 rings (SSSR count). The molecule has 0 amide bonds. The molecule has 30 heavy (non-hydrogen) atoms. The Morgan fingerprint density at radius 3 is 1.90 bits per heavy atom. The lowest BCUT2D eigenvalue weighted by atomic mass is 9.92. The van der Waals surface area contributed by atoms with Gasteiger partial charge in [-0.25, -0.2) is 8.78 Å². The zero-order valence-electron chi connectivity index (χ0n) is 17.9. The number of alkyl halides is 2. The number of hydrogen-bond acceptors (Lipinski definition) is 3. The first-order valence-corrected chi connectivity index (χ1v) is 10.8. The highest BCUT2D eigenvalue weighted by atomic mass is 19.3. The van der Waals surface area contributed by atoms with E-state index in [1.165, 1.54) is 0 Å². The zero-order chi connectivity index (χ0) is 21.3. The lowest BCUT2D eigenvalue weighted by molar-refractivity contribution is -0.131. The first-order valence-electron chi connectivity index (χ1n) is 10.8. The maximum Gasteiger partial charge on any atom is 0.269 e. The molecule has 0 unspecified atom stereocenters. The van der Waals surface area contributed by atoms with E-state index in [1.54, 1.807) is 6.92 Å². The van der Waals surface area contributed by atoms with Crippen LogP contribution in [0.4, 0.5) is 8.78 Å². The van der Waals surface area contributed by atoms with Crippen LogP contribution in [0.3, 0.4) is 0 Å². The summed E-state index contributed by atoms with van der Waals surface area (Å²) in [7, 11) is 0. The third kappa shape index (κ3) is 4.03. The third-order valence-corrected chi connectivity index (χ3v) is 6.50. The summed E-state index contributed by atoms with van der Waals surface area (Å²) >= 11 is 0. The minimum Gasteiger partial charge on any atom is -0.369 e. The molecule has 0 saturated carbocycles. The van der Waals surface area contributed by atoms with E-state index in [-0.39, 0.29) is 12.0 Å². The van der Waals surface area contributed by atoms with Crippen molar-refractivity contribution in [1.29, 1.82) is 0 Å². The number of rotatable bonds is 7. The lowest BCUT2D eigenvalue weighted by Gasteiger charge is -2.31. The molecule has 2 aromatic rings. The van der Waals surface area contributed by atoms with Gasteiger partial charge in [-0.05, 0) is 17.0 Å². The van der Waals surface area contributed by atoms with Crippen molar-refractivity contribution in [2.75, 3.05) is 6.54 Å². The smallest absolute Gasteiger partial charge is 0.269 e. The molecule has 2 aliphatic heterocycles. The molecule has 0 bridgehead atoms. The van der Waals surface area contributed by atoms with Crippen molar-refractivity contribution in [3.05, 3.63) is 71.8 Å². The van der Waals surface area contributed by atoms with E-state index in [9.17, 15) is 0 Å². The van der Waals surface area contributed by atoms with Crippen molar-refractivity contribution in [2.45, 2.75) is 64.2 Å². The van der Waals surface area contributed by atoms with Crippen LogP contribution in [0.1, 0.15) is 31.9 Å². The molecule has 2 aliphatic rings. The molecule has 0 spiro atoms. The fraction of sp³-hybridized carbons (Fsp3) is 0.520. The first-order chi connectivity index (χ1) is 14.4. The summed E-state index contributed by atoms with van der Waals surface area (Å²) in [5.41, 5.74) is 2.02. The van der Waals surface area contributed by atoms with Crippen molar-refractivity contribution in [1.82, 2.24) is 4.90 Å². The quantitative estimate of drug-likeness (QED) is 0.624. The highest BCUT2D eigenvalue weighted by Gasteiger charge is 2.66. The Hall–Kier alpha value is -1.82. The van der Waals surface area contributed by atoms with Crippen molar-refractivity contribution < 1.29 is 18.3 Å². The maximum absolute atomic E-state index is 15.3. The van der Waals surface area contributed by atoms with Crippen LogP contribution in [-0.4, -0.2) is 41.7 Å². The molecule has 2 saturated heterocycles. The van der Waals surface area contributed by atoms with Gasteiger partial charge in [0.25, 0.3) is 5.92 Å². The monoisotopic (exact) mass is 415 g/mol. The van der Waals surface area contributed by atoms with Crippen LogP contribution in [0.2, 0.25) is 0 Å². The largest absolute Gasteiger partial charge is 0.369 e. The number of ether oxygens (including phenoxy) is 2. The predicted molar refractivity (Wildman–Crippen MR) is 113 cm³/mol. The zero-order valence-corrected chi connectivity index (χ0v) is 17.9. The molecule has 2 aromatic carbocycles. The maximum atomic E-state index is 15.3. The Balaban J connectivity index is 1.60. The molecule has 0 aliphatic carbocycles. The molecule has 5 heteroatoms. The first kappa shape index (κ1) is 21.4. The van der Waals surface area contributed by atoms with Crippen molar-refractivity contribution in [3.63, 3.8) is 0 Å². The summed E-state index contributed by atoms with van der Waals surface area (Å²) in [5.74, 6) is -3.32. The molecule has 2 heterocycles. The van der Waals surface area contributed by atoms with Crippen LogP contribution in [0.15, 0.2) is 60.7 Å². The standard InChI is InChI=1S/C25H31F2NO2/c1-17(2)21-22(29-15-19-10-6-4-7-11-19)23(30-16-20-12-8-5-9-13-20)24-25(26,27)18(3)14-28(21)24/h4-13,17-18,21-24H,14-16H2,1-3H3/t18-,21+,22+,23-,24-/m1/s1. The van der Waals surface area contributed by atoms with Gasteiger partial charge in [-0.2, -0.15) is 0 Å². The van der Waals surface area contributed by atoms with Gasteiger partial charge in [0, 0.05) is 18.5 Å². The van der Waals surface area contributed by atoms with Crippen molar-refractivity contribution >= 4 is 0 Å². The SMILES string of the molecule is CC(C)[C@H]1[C@H](OCc2ccccc2)[C@@H](OCc2ccccc2)[C@H]2N1C[C@@H](C)C2(F)F.